The number of aryl methyl sites for hydroxylation is 1. The average molecular weight is 258 g/mol. The molecule has 3 rings (SSSR count). The predicted molar refractivity (Wildman–Crippen MR) is 72.0 cm³/mol. The molecule has 0 atom stereocenters. The van der Waals surface area contributed by atoms with Gasteiger partial charge in [-0.25, -0.2) is 0 Å². The molecule has 0 saturated heterocycles. The van der Waals surface area contributed by atoms with Crippen molar-refractivity contribution in [2.24, 2.45) is 0 Å². The molecule has 1 N–H and O–H groups in total. The van der Waals surface area contributed by atoms with Crippen molar-refractivity contribution in [2.45, 2.75) is 25.9 Å². The Balaban J connectivity index is 1.40. The number of aromatic nitrogens is 3. The van der Waals surface area contributed by atoms with Gasteiger partial charge in [-0.3, -0.25) is 4.68 Å². The fourth-order valence-corrected chi connectivity index (χ4v) is 2.30. The van der Waals surface area contributed by atoms with Crippen LogP contribution >= 0.6 is 0 Å². The average Bonchev–Trinajstić information content (AvgIpc) is 3.08. The van der Waals surface area contributed by atoms with E-state index in [2.05, 4.69) is 33.8 Å². The van der Waals surface area contributed by atoms with Crippen molar-refractivity contribution >= 4 is 0 Å². The van der Waals surface area contributed by atoms with E-state index in [-0.39, 0.29) is 0 Å². The maximum Gasteiger partial charge on any atom is 0.122 e. The van der Waals surface area contributed by atoms with Gasteiger partial charge in [0.15, 0.2) is 0 Å². The minimum atomic E-state index is 0.824. The van der Waals surface area contributed by atoms with Crippen LogP contribution in [0.25, 0.3) is 0 Å². The fraction of sp³-hybridized carbons (Fsp3) is 0.429. The molecule has 19 heavy (non-hydrogen) atoms. The van der Waals surface area contributed by atoms with Crippen LogP contribution in [0.4, 0.5) is 0 Å². The molecule has 0 fully saturated rings. The number of benzene rings is 1. The Bertz CT molecular complexity index is 524. The van der Waals surface area contributed by atoms with Gasteiger partial charge in [-0.05, 0) is 30.2 Å². The van der Waals surface area contributed by atoms with E-state index in [9.17, 15) is 0 Å². The van der Waals surface area contributed by atoms with Crippen LogP contribution in [0.3, 0.4) is 0 Å². The third kappa shape index (κ3) is 3.12. The number of hydrogen-bond acceptors (Lipinski definition) is 4. The van der Waals surface area contributed by atoms with E-state index in [4.69, 9.17) is 4.74 Å². The second-order valence-electron chi connectivity index (χ2n) is 4.74. The highest BCUT2D eigenvalue weighted by Gasteiger charge is 2.11. The molecule has 100 valence electrons. The van der Waals surface area contributed by atoms with E-state index < -0.39 is 0 Å². The maximum atomic E-state index is 5.50. The van der Waals surface area contributed by atoms with Crippen molar-refractivity contribution in [3.63, 3.8) is 0 Å². The quantitative estimate of drug-likeness (QED) is 0.796. The lowest BCUT2D eigenvalue weighted by Gasteiger charge is -2.06. The Hall–Kier alpha value is -1.88. The molecule has 1 aliphatic heterocycles. The van der Waals surface area contributed by atoms with Gasteiger partial charge in [0.05, 0.1) is 12.8 Å². The van der Waals surface area contributed by atoms with Crippen molar-refractivity contribution in [3.8, 4) is 5.75 Å². The summed E-state index contributed by atoms with van der Waals surface area (Å²) in [5, 5.41) is 11.2. The summed E-state index contributed by atoms with van der Waals surface area (Å²) >= 11 is 0. The van der Waals surface area contributed by atoms with E-state index in [1.807, 2.05) is 10.9 Å². The molecular weight excluding hydrogens is 240 g/mol. The van der Waals surface area contributed by atoms with E-state index >= 15 is 0 Å². The predicted octanol–water partition coefficient (Wildman–Crippen LogP) is 1.39. The molecule has 1 aliphatic rings. The molecule has 5 heteroatoms. The highest BCUT2D eigenvalue weighted by Crippen LogP contribution is 2.25. The largest absolute Gasteiger partial charge is 0.493 e. The van der Waals surface area contributed by atoms with Crippen molar-refractivity contribution in [1.29, 1.82) is 0 Å². The number of ether oxygens (including phenoxy) is 1. The lowest BCUT2D eigenvalue weighted by Crippen LogP contribution is -2.16. The monoisotopic (exact) mass is 258 g/mol. The summed E-state index contributed by atoms with van der Waals surface area (Å²) in [5.41, 5.74) is 2.66. The summed E-state index contributed by atoms with van der Waals surface area (Å²) in [6.07, 6.45) is 5.69. The maximum absolute atomic E-state index is 5.50. The molecule has 5 nitrogen and oxygen atoms in total. The standard InChI is InChI=1S/C14H18N4O/c1(7-18-8-6-16-17-18)5-15-11-12-2-3-14-13(10-12)4-9-19-14/h2-3,6,8,10,15H,1,4-5,7,9,11H2. The normalized spacial score (nSPS) is 13.3. The van der Waals surface area contributed by atoms with Crippen LogP contribution in [0, 0.1) is 0 Å². The van der Waals surface area contributed by atoms with E-state index in [0.29, 0.717) is 0 Å². The summed E-state index contributed by atoms with van der Waals surface area (Å²) in [5.74, 6) is 1.05. The van der Waals surface area contributed by atoms with Gasteiger partial charge in [-0.15, -0.1) is 5.10 Å². The Labute approximate surface area is 112 Å². The first-order valence-electron chi connectivity index (χ1n) is 6.71. The van der Waals surface area contributed by atoms with Gasteiger partial charge in [0.25, 0.3) is 0 Å². The summed E-state index contributed by atoms with van der Waals surface area (Å²) in [6, 6.07) is 6.45. The number of fused-ring (bicyclic) bond motifs is 1. The van der Waals surface area contributed by atoms with Crippen molar-refractivity contribution in [2.75, 3.05) is 13.2 Å². The SMILES string of the molecule is c1cn(CCCNCc2ccc3c(c2)CCO3)nn1. The second kappa shape index (κ2) is 5.84. The smallest absolute Gasteiger partial charge is 0.122 e. The van der Waals surface area contributed by atoms with Crippen LogP contribution in [-0.2, 0) is 19.5 Å². The second-order valence-corrected chi connectivity index (χ2v) is 4.74. The summed E-state index contributed by atoms with van der Waals surface area (Å²) < 4.78 is 7.36. The molecule has 0 spiro atoms. The molecule has 2 heterocycles. The molecular formula is C14H18N4O. The van der Waals surface area contributed by atoms with Crippen LogP contribution in [-0.4, -0.2) is 28.1 Å². The minimum Gasteiger partial charge on any atom is -0.493 e. The molecule has 0 aliphatic carbocycles. The summed E-state index contributed by atoms with van der Waals surface area (Å²) in [6.45, 7) is 3.62. The number of nitrogens with zero attached hydrogens (tertiary/aromatic N) is 3. The minimum absolute atomic E-state index is 0.824. The Morgan fingerprint density at radius 1 is 1.37 bits per heavy atom. The van der Waals surface area contributed by atoms with Gasteiger partial charge in [0.1, 0.15) is 5.75 Å². The lowest BCUT2D eigenvalue weighted by atomic mass is 10.1. The molecule has 2 aromatic rings. The van der Waals surface area contributed by atoms with Crippen molar-refractivity contribution < 1.29 is 4.74 Å². The third-order valence-electron chi connectivity index (χ3n) is 3.30. The van der Waals surface area contributed by atoms with Gasteiger partial charge in [-0.1, -0.05) is 17.3 Å². The van der Waals surface area contributed by atoms with Crippen LogP contribution in [0.15, 0.2) is 30.6 Å². The Kier molecular flexibility index (Phi) is 3.74. The van der Waals surface area contributed by atoms with Crippen LogP contribution < -0.4 is 10.1 Å². The van der Waals surface area contributed by atoms with Crippen LogP contribution in [0.1, 0.15) is 17.5 Å². The fourth-order valence-electron chi connectivity index (χ4n) is 2.30. The first-order chi connectivity index (χ1) is 9.42. The van der Waals surface area contributed by atoms with Gasteiger partial charge in [0.2, 0.25) is 0 Å². The topological polar surface area (TPSA) is 52.0 Å². The van der Waals surface area contributed by atoms with Crippen molar-refractivity contribution in [3.05, 3.63) is 41.7 Å². The zero-order valence-corrected chi connectivity index (χ0v) is 10.9. The molecule has 1 aromatic heterocycles. The zero-order valence-electron chi connectivity index (χ0n) is 10.9. The molecule has 0 saturated carbocycles. The zero-order chi connectivity index (χ0) is 12.9. The van der Waals surface area contributed by atoms with Gasteiger partial charge >= 0.3 is 0 Å². The van der Waals surface area contributed by atoms with E-state index in [1.165, 1.54) is 11.1 Å². The van der Waals surface area contributed by atoms with Crippen LogP contribution in [0.5, 0.6) is 5.75 Å². The van der Waals surface area contributed by atoms with Gasteiger partial charge in [0, 0.05) is 25.7 Å². The number of hydrogen-bond donors (Lipinski definition) is 1. The van der Waals surface area contributed by atoms with Gasteiger partial charge < -0.3 is 10.1 Å². The van der Waals surface area contributed by atoms with Crippen molar-refractivity contribution in [1.82, 2.24) is 20.3 Å². The first kappa shape index (κ1) is 12.2. The van der Waals surface area contributed by atoms with E-state index in [0.717, 1.165) is 44.8 Å². The van der Waals surface area contributed by atoms with E-state index in [1.54, 1.807) is 6.20 Å². The number of nitrogens with one attached hydrogen (secondary N) is 1. The summed E-state index contributed by atoms with van der Waals surface area (Å²) in [7, 11) is 0. The molecule has 1 aromatic carbocycles. The molecule has 0 radical (unpaired) electrons. The highest BCUT2D eigenvalue weighted by molar-refractivity contribution is 5.39. The van der Waals surface area contributed by atoms with Gasteiger partial charge in [-0.2, -0.15) is 0 Å². The lowest BCUT2D eigenvalue weighted by molar-refractivity contribution is 0.357. The first-order valence-corrected chi connectivity index (χ1v) is 6.71. The third-order valence-corrected chi connectivity index (χ3v) is 3.30. The Morgan fingerprint density at radius 2 is 2.37 bits per heavy atom. The number of rotatable bonds is 6. The molecule has 0 unspecified atom stereocenters. The molecule has 0 amide bonds. The highest BCUT2D eigenvalue weighted by atomic mass is 16.5. The van der Waals surface area contributed by atoms with Crippen LogP contribution in [0.2, 0.25) is 0 Å². The Morgan fingerprint density at radius 3 is 3.26 bits per heavy atom. The molecule has 0 bridgehead atoms. The summed E-state index contributed by atoms with van der Waals surface area (Å²) in [4.78, 5) is 0.